The molecule has 18 nitrogen and oxygen atoms in total. The number of carboxylic acid groups (broad SMARTS) is 1. The molecule has 0 fully saturated rings. The Morgan fingerprint density at radius 2 is 1.39 bits per heavy atom. The molecule has 0 saturated carbocycles. The third-order valence-corrected chi connectivity index (χ3v) is 15.0. The number of allylic oxidation sites excluding steroid dienone is 5. The standard InChI is InChI=1S/C50H65N5O11Si.CO2/c1-35-10-17-44(45(31-35)55(60)61)51-19-23-64-27-25-62-21-8-9-39(56)18-22-63-26-29-66-30-28-65-24-20-52-49(57)36-11-14-40(50(58)59)43(32-36)48-41-15-12-37(53(2)3)33-46(41)67(6,7)47-34-38(54(4)5)13-16-42(47)48;2-1-3/h10-17,31-34,51H,8-9,18-30H2,1-7H3,(H-,52,57,58,59);. The molecule has 0 bridgehead atoms. The summed E-state index contributed by atoms with van der Waals surface area (Å²) in [6, 6.07) is 16.0. The van der Waals surface area contributed by atoms with E-state index in [1.165, 1.54) is 28.6 Å². The fourth-order valence-corrected chi connectivity index (χ4v) is 10.9. The Hall–Kier alpha value is -6.44. The van der Waals surface area contributed by atoms with Crippen molar-refractivity contribution in [1.29, 1.82) is 0 Å². The lowest BCUT2D eigenvalue weighted by atomic mass is 9.86. The number of Topliss-reactive ketones (excluding diaryl/α,β-unsaturated/α-hetero) is 1. The van der Waals surface area contributed by atoms with Gasteiger partial charge in [0.1, 0.15) is 33.6 Å². The highest BCUT2D eigenvalue weighted by Crippen LogP contribution is 2.43. The molecule has 1 amide bonds. The molecule has 0 radical (unpaired) electrons. The molecule has 0 saturated heterocycles. The lowest BCUT2D eigenvalue weighted by Gasteiger charge is -2.38. The van der Waals surface area contributed by atoms with Gasteiger partial charge in [0.05, 0.1) is 70.4 Å². The molecule has 376 valence electrons. The SMILES string of the molecule is Cc1ccc(NCCOCCOCCCC(=O)CCOCCOCCOCCNC(=O)c2ccc(C(=O)[O-])c(C3=C4C=CC(=[N+](C)C)C=C4[Si](C)(C)c4cc(N(C)C)ccc43)c2)c([N+](=O)[O-])c1.O=C=O. The number of fused-ring (bicyclic) bond motifs is 2. The van der Waals surface area contributed by atoms with Gasteiger partial charge in [-0.25, -0.2) is 4.58 Å². The summed E-state index contributed by atoms with van der Waals surface area (Å²) < 4.78 is 29.9. The van der Waals surface area contributed by atoms with Gasteiger partial charge in [0.15, 0.2) is 5.71 Å². The van der Waals surface area contributed by atoms with E-state index in [0.29, 0.717) is 102 Å². The van der Waals surface area contributed by atoms with Crippen LogP contribution in [0.1, 0.15) is 56.7 Å². The van der Waals surface area contributed by atoms with Gasteiger partial charge in [-0.05, 0) is 88.0 Å². The summed E-state index contributed by atoms with van der Waals surface area (Å²) in [4.78, 5) is 67.4. The van der Waals surface area contributed by atoms with Crippen LogP contribution in [0.15, 0.2) is 83.6 Å². The third kappa shape index (κ3) is 16.3. The molecule has 1 heterocycles. The molecular weight excluding hydrogens is 919 g/mol. The minimum atomic E-state index is -2.28. The van der Waals surface area contributed by atoms with Crippen molar-refractivity contribution in [2.75, 3.05) is 118 Å². The first-order chi connectivity index (χ1) is 33.5. The lowest BCUT2D eigenvalue weighted by Crippen LogP contribution is -2.50. The van der Waals surface area contributed by atoms with Crippen LogP contribution in [-0.2, 0) is 38.1 Å². The Kier molecular flexibility index (Phi) is 22.7. The van der Waals surface area contributed by atoms with E-state index in [0.717, 1.165) is 33.7 Å². The average molecular weight is 984 g/mol. The highest BCUT2D eigenvalue weighted by atomic mass is 28.3. The number of aryl methyl sites for hydroxylation is 1. The maximum Gasteiger partial charge on any atom is 0.373 e. The van der Waals surface area contributed by atoms with E-state index in [2.05, 4.69) is 57.5 Å². The number of ketones is 1. The quantitative estimate of drug-likeness (QED) is 0.0346. The van der Waals surface area contributed by atoms with Crippen molar-refractivity contribution < 1.29 is 62.3 Å². The van der Waals surface area contributed by atoms with Crippen LogP contribution in [0.4, 0.5) is 17.1 Å². The first-order valence-corrected chi connectivity index (χ1v) is 26.1. The molecule has 1 aliphatic carbocycles. The number of nitrogens with one attached hydrogen (secondary N) is 2. The minimum absolute atomic E-state index is 0.0118. The molecular formula is C51H65N5O13Si. The fraction of sp³-hybridized carbons (Fsp3) is 0.431. The highest BCUT2D eigenvalue weighted by molar-refractivity contribution is 6.98. The largest absolute Gasteiger partial charge is 0.545 e. The van der Waals surface area contributed by atoms with Crippen molar-refractivity contribution in [3.05, 3.63) is 122 Å². The number of aromatic carboxylic acids is 1. The number of anilines is 2. The number of carbonyl (C=O) groups excluding carboxylic acids is 5. The van der Waals surface area contributed by atoms with Crippen LogP contribution < -0.4 is 25.8 Å². The van der Waals surface area contributed by atoms with Gasteiger partial charge in [-0.3, -0.25) is 19.7 Å². The topological polar surface area (TPSA) is 228 Å². The number of nitrogens with zero attached hydrogens (tertiary/aromatic N) is 3. The van der Waals surface area contributed by atoms with E-state index in [1.807, 2.05) is 46.4 Å². The first-order valence-electron chi connectivity index (χ1n) is 23.1. The fourth-order valence-electron chi connectivity index (χ4n) is 7.83. The minimum Gasteiger partial charge on any atom is -0.545 e. The summed E-state index contributed by atoms with van der Waals surface area (Å²) in [6.07, 6.45) is 7.88. The van der Waals surface area contributed by atoms with E-state index >= 15 is 0 Å². The molecule has 1 aliphatic heterocycles. The zero-order valence-electron chi connectivity index (χ0n) is 41.2. The second kappa shape index (κ2) is 28.3. The predicted molar refractivity (Wildman–Crippen MR) is 266 cm³/mol. The Balaban J connectivity index is 0.00000346. The normalized spacial score (nSPS) is 13.2. The summed E-state index contributed by atoms with van der Waals surface area (Å²) in [7, 11) is 5.73. The maximum absolute atomic E-state index is 13.5. The van der Waals surface area contributed by atoms with Crippen molar-refractivity contribution in [3.8, 4) is 0 Å². The molecule has 0 atom stereocenters. The van der Waals surface area contributed by atoms with Gasteiger partial charge in [-0.2, -0.15) is 9.59 Å². The van der Waals surface area contributed by atoms with E-state index in [4.69, 9.17) is 33.3 Å². The van der Waals surface area contributed by atoms with Gasteiger partial charge in [0, 0.05) is 81.7 Å². The number of nitro benzene ring substituents is 1. The third-order valence-electron chi connectivity index (χ3n) is 11.5. The number of amides is 1. The van der Waals surface area contributed by atoms with Gasteiger partial charge < -0.3 is 49.1 Å². The molecule has 0 aromatic heterocycles. The van der Waals surface area contributed by atoms with Crippen molar-refractivity contribution in [2.45, 2.75) is 39.3 Å². The van der Waals surface area contributed by atoms with Gasteiger partial charge in [-0.1, -0.05) is 31.3 Å². The lowest BCUT2D eigenvalue weighted by molar-refractivity contribution is -0.462. The van der Waals surface area contributed by atoms with Crippen LogP contribution in [0.5, 0.6) is 0 Å². The van der Waals surface area contributed by atoms with E-state index in [1.54, 1.807) is 19.1 Å². The summed E-state index contributed by atoms with van der Waals surface area (Å²) in [5, 5.41) is 32.1. The highest BCUT2D eigenvalue weighted by Gasteiger charge is 2.41. The molecule has 5 rings (SSSR count). The van der Waals surface area contributed by atoms with E-state index in [-0.39, 0.29) is 42.2 Å². The van der Waals surface area contributed by atoms with Crippen LogP contribution in [0, 0.1) is 17.0 Å². The summed E-state index contributed by atoms with van der Waals surface area (Å²) in [6.45, 7) is 10.6. The van der Waals surface area contributed by atoms with Crippen molar-refractivity contribution >= 4 is 65.4 Å². The molecule has 70 heavy (non-hydrogen) atoms. The summed E-state index contributed by atoms with van der Waals surface area (Å²) in [5.41, 5.74) is 6.86. The Morgan fingerprint density at radius 3 is 2.01 bits per heavy atom. The van der Waals surface area contributed by atoms with Crippen molar-refractivity contribution in [2.24, 2.45) is 0 Å². The predicted octanol–water partition coefficient (Wildman–Crippen LogP) is 3.89. The molecule has 19 heteroatoms. The second-order valence-corrected chi connectivity index (χ2v) is 21.6. The first kappa shape index (κ1) is 56.1. The zero-order valence-corrected chi connectivity index (χ0v) is 42.2. The molecule has 2 N–H and O–H groups in total. The molecule has 2 aliphatic rings. The number of carboxylic acids is 1. The Morgan fingerprint density at radius 1 is 0.757 bits per heavy atom. The molecule has 0 unspecified atom stereocenters. The van der Waals surface area contributed by atoms with Crippen LogP contribution in [0.25, 0.3) is 5.57 Å². The van der Waals surface area contributed by atoms with Crippen molar-refractivity contribution in [3.63, 3.8) is 0 Å². The summed E-state index contributed by atoms with van der Waals surface area (Å²) in [5.74, 6) is -1.58. The van der Waals surface area contributed by atoms with Gasteiger partial charge in [-0.15, -0.1) is 0 Å². The van der Waals surface area contributed by atoms with Crippen LogP contribution in [0.2, 0.25) is 13.1 Å². The maximum atomic E-state index is 13.5. The second-order valence-electron chi connectivity index (χ2n) is 17.3. The van der Waals surface area contributed by atoms with Crippen LogP contribution in [0.3, 0.4) is 0 Å². The van der Waals surface area contributed by atoms with Crippen LogP contribution >= 0.6 is 0 Å². The van der Waals surface area contributed by atoms with Gasteiger partial charge in [0.2, 0.25) is 0 Å². The van der Waals surface area contributed by atoms with Crippen LogP contribution in [-0.4, -0.2) is 154 Å². The summed E-state index contributed by atoms with van der Waals surface area (Å²) >= 11 is 0. The van der Waals surface area contributed by atoms with Gasteiger partial charge >= 0.3 is 6.15 Å². The number of hydrogen-bond donors (Lipinski definition) is 2. The Labute approximate surface area is 410 Å². The zero-order chi connectivity index (χ0) is 51.2. The molecule has 3 aromatic carbocycles. The Bertz CT molecular complexity index is 2490. The monoisotopic (exact) mass is 983 g/mol. The van der Waals surface area contributed by atoms with E-state index < -0.39 is 19.0 Å². The van der Waals surface area contributed by atoms with Gasteiger partial charge in [0.25, 0.3) is 11.6 Å². The number of benzene rings is 3. The molecule has 3 aromatic rings. The van der Waals surface area contributed by atoms with Crippen molar-refractivity contribution in [1.82, 2.24) is 5.32 Å². The smallest absolute Gasteiger partial charge is 0.373 e. The number of nitro groups is 1. The number of hydrogen-bond acceptors (Lipinski definition) is 15. The number of ether oxygens (including phenoxy) is 5. The van der Waals surface area contributed by atoms with E-state index in [9.17, 15) is 29.6 Å². The number of carbonyl (C=O) groups is 3. The number of rotatable bonds is 28. The molecule has 0 spiro atoms. The average Bonchev–Trinajstić information content (AvgIpc) is 3.32.